The number of nitrogens with one attached hydrogen (secondary N) is 1. The number of thiazole rings is 1. The molecule has 3 aromatic rings. The van der Waals surface area contributed by atoms with E-state index in [9.17, 15) is 8.42 Å². The van der Waals surface area contributed by atoms with Gasteiger partial charge in [0, 0.05) is 28.5 Å². The Morgan fingerprint density at radius 1 is 1.24 bits per heavy atom. The second-order valence-electron chi connectivity index (χ2n) is 5.56. The highest BCUT2D eigenvalue weighted by atomic mass is 79.9. The van der Waals surface area contributed by atoms with Gasteiger partial charge in [0.1, 0.15) is 0 Å². The van der Waals surface area contributed by atoms with Crippen molar-refractivity contribution in [2.24, 2.45) is 0 Å². The summed E-state index contributed by atoms with van der Waals surface area (Å²) < 4.78 is 29.7. The number of benzene rings is 1. The summed E-state index contributed by atoms with van der Waals surface area (Å²) in [5, 5.41) is 7.13. The van der Waals surface area contributed by atoms with Gasteiger partial charge in [0.15, 0.2) is 0 Å². The zero-order chi connectivity index (χ0) is 18.0. The minimum atomic E-state index is -3.51. The molecule has 132 valence electrons. The van der Waals surface area contributed by atoms with Crippen LogP contribution in [0.2, 0.25) is 0 Å². The van der Waals surface area contributed by atoms with Gasteiger partial charge in [-0.1, -0.05) is 15.9 Å². The van der Waals surface area contributed by atoms with E-state index in [-0.39, 0.29) is 4.90 Å². The molecule has 0 atom stereocenters. The average Bonchev–Trinajstić information content (AvgIpc) is 3.13. The highest BCUT2D eigenvalue weighted by molar-refractivity contribution is 9.10. The molecule has 6 nitrogen and oxygen atoms in total. The van der Waals surface area contributed by atoms with Gasteiger partial charge in [0.2, 0.25) is 15.2 Å². The molecule has 9 heteroatoms. The van der Waals surface area contributed by atoms with Crippen LogP contribution < -0.4 is 4.72 Å². The van der Waals surface area contributed by atoms with Crippen LogP contribution in [-0.2, 0) is 16.4 Å². The summed E-state index contributed by atoms with van der Waals surface area (Å²) in [7, 11) is -3.51. The van der Waals surface area contributed by atoms with Crippen LogP contribution in [0.5, 0.6) is 0 Å². The number of sulfonamides is 1. The van der Waals surface area contributed by atoms with E-state index in [1.807, 2.05) is 25.3 Å². The summed E-state index contributed by atoms with van der Waals surface area (Å²) in [4.78, 5) is 4.78. The van der Waals surface area contributed by atoms with E-state index < -0.39 is 10.0 Å². The van der Waals surface area contributed by atoms with E-state index in [4.69, 9.17) is 0 Å². The zero-order valence-corrected chi connectivity index (χ0v) is 16.9. The van der Waals surface area contributed by atoms with Crippen molar-refractivity contribution < 1.29 is 8.42 Å². The topological polar surface area (TPSA) is 76.9 Å². The normalized spacial score (nSPS) is 11.8. The highest BCUT2D eigenvalue weighted by Gasteiger charge is 2.14. The Balaban J connectivity index is 1.63. The lowest BCUT2D eigenvalue weighted by molar-refractivity contribution is 0.581. The van der Waals surface area contributed by atoms with Gasteiger partial charge in [0.25, 0.3) is 0 Å². The van der Waals surface area contributed by atoms with Crippen LogP contribution >= 0.6 is 27.3 Å². The fraction of sp³-hybridized carbons (Fsp3) is 0.250. The quantitative estimate of drug-likeness (QED) is 0.637. The van der Waals surface area contributed by atoms with Crippen molar-refractivity contribution in [2.45, 2.75) is 25.2 Å². The largest absolute Gasteiger partial charge is 0.240 e. The summed E-state index contributed by atoms with van der Waals surface area (Å²) in [6, 6.07) is 8.53. The van der Waals surface area contributed by atoms with Crippen molar-refractivity contribution in [3.8, 4) is 5.13 Å². The summed E-state index contributed by atoms with van der Waals surface area (Å²) >= 11 is 4.79. The Kier molecular flexibility index (Phi) is 5.38. The molecule has 2 heterocycles. The van der Waals surface area contributed by atoms with E-state index >= 15 is 0 Å². The van der Waals surface area contributed by atoms with Gasteiger partial charge < -0.3 is 0 Å². The monoisotopic (exact) mass is 440 g/mol. The number of hydrogen-bond acceptors (Lipinski definition) is 5. The summed E-state index contributed by atoms with van der Waals surface area (Å²) in [5.41, 5.74) is 2.80. The third-order valence-electron chi connectivity index (χ3n) is 3.53. The van der Waals surface area contributed by atoms with Gasteiger partial charge in [-0.25, -0.2) is 22.8 Å². The Morgan fingerprint density at radius 3 is 2.60 bits per heavy atom. The van der Waals surface area contributed by atoms with Crippen LogP contribution in [0.1, 0.15) is 17.1 Å². The molecule has 0 aliphatic rings. The maximum Gasteiger partial charge on any atom is 0.240 e. The molecular formula is C16H17BrN4O2S2. The zero-order valence-electron chi connectivity index (χ0n) is 13.7. The van der Waals surface area contributed by atoms with Gasteiger partial charge in [-0.15, -0.1) is 11.3 Å². The van der Waals surface area contributed by atoms with Gasteiger partial charge >= 0.3 is 0 Å². The first-order valence-corrected chi connectivity index (χ1v) is 10.7. The molecule has 0 aliphatic carbocycles. The first-order valence-electron chi connectivity index (χ1n) is 7.58. The summed E-state index contributed by atoms with van der Waals surface area (Å²) in [5.74, 6) is 0. The molecule has 0 saturated heterocycles. The van der Waals surface area contributed by atoms with Crippen molar-refractivity contribution in [1.82, 2.24) is 19.5 Å². The molecule has 0 spiro atoms. The second kappa shape index (κ2) is 7.36. The molecule has 1 N–H and O–H groups in total. The smallest absolute Gasteiger partial charge is 0.223 e. The summed E-state index contributed by atoms with van der Waals surface area (Å²) in [6.07, 6.45) is 0.519. The average molecular weight is 441 g/mol. The molecule has 25 heavy (non-hydrogen) atoms. The molecule has 0 fully saturated rings. The molecular weight excluding hydrogens is 424 g/mol. The highest BCUT2D eigenvalue weighted by Crippen LogP contribution is 2.18. The first kappa shape index (κ1) is 18.2. The third-order valence-corrected chi connectivity index (χ3v) is 6.40. The first-order chi connectivity index (χ1) is 11.8. The molecule has 0 unspecified atom stereocenters. The Morgan fingerprint density at radius 2 is 1.96 bits per heavy atom. The molecule has 0 amide bonds. The number of rotatable bonds is 6. The maximum atomic E-state index is 12.2. The minimum absolute atomic E-state index is 0.248. The number of aromatic nitrogens is 3. The van der Waals surface area contributed by atoms with Gasteiger partial charge in [-0.05, 0) is 44.2 Å². The van der Waals surface area contributed by atoms with E-state index in [0.29, 0.717) is 13.0 Å². The van der Waals surface area contributed by atoms with E-state index in [2.05, 4.69) is 30.7 Å². The van der Waals surface area contributed by atoms with Crippen LogP contribution in [0.4, 0.5) is 0 Å². The Labute approximate surface area is 159 Å². The molecule has 2 aromatic heterocycles. The second-order valence-corrected chi connectivity index (χ2v) is 9.08. The lowest BCUT2D eigenvalue weighted by atomic mass is 10.3. The standard InChI is InChI=1S/C16H17BrN4O2S2/c1-11-9-12(2)21(20-11)16-19-14(10-24-16)7-8-18-25(22,23)15-5-3-13(17)4-6-15/h3-6,9-10,18H,7-8H2,1-2H3. The van der Waals surface area contributed by atoms with Gasteiger partial charge in [-0.3, -0.25) is 0 Å². The van der Waals surface area contributed by atoms with Crippen molar-refractivity contribution in [2.75, 3.05) is 6.54 Å². The number of aryl methyl sites for hydroxylation is 2. The van der Waals surface area contributed by atoms with E-state index in [1.165, 1.54) is 11.3 Å². The fourth-order valence-corrected chi connectivity index (χ4v) is 4.50. The van der Waals surface area contributed by atoms with Gasteiger partial charge in [-0.2, -0.15) is 5.10 Å². The molecule has 0 saturated carbocycles. The van der Waals surface area contributed by atoms with Crippen molar-refractivity contribution in [1.29, 1.82) is 0 Å². The van der Waals surface area contributed by atoms with Crippen LogP contribution in [0.25, 0.3) is 5.13 Å². The molecule has 0 radical (unpaired) electrons. The fourth-order valence-electron chi connectivity index (χ4n) is 2.34. The summed E-state index contributed by atoms with van der Waals surface area (Å²) in [6.45, 7) is 4.21. The van der Waals surface area contributed by atoms with E-state index in [0.717, 1.165) is 26.7 Å². The van der Waals surface area contributed by atoms with Crippen molar-refractivity contribution >= 4 is 37.3 Å². The van der Waals surface area contributed by atoms with Crippen molar-refractivity contribution in [3.63, 3.8) is 0 Å². The number of halogens is 1. The van der Waals surface area contributed by atoms with Crippen LogP contribution in [0.15, 0.2) is 45.1 Å². The molecule has 0 bridgehead atoms. The van der Waals surface area contributed by atoms with Crippen LogP contribution in [-0.4, -0.2) is 29.7 Å². The Bertz CT molecular complexity index is 978. The molecule has 1 aromatic carbocycles. The predicted molar refractivity (Wildman–Crippen MR) is 102 cm³/mol. The van der Waals surface area contributed by atoms with Crippen LogP contribution in [0.3, 0.4) is 0 Å². The molecule has 3 rings (SSSR count). The lowest BCUT2D eigenvalue weighted by Gasteiger charge is -2.06. The lowest BCUT2D eigenvalue weighted by Crippen LogP contribution is -2.26. The SMILES string of the molecule is Cc1cc(C)n(-c2nc(CCNS(=O)(=O)c3ccc(Br)cc3)cs2)n1. The maximum absolute atomic E-state index is 12.2. The van der Waals surface area contributed by atoms with Crippen LogP contribution in [0, 0.1) is 13.8 Å². The third kappa shape index (κ3) is 4.35. The molecule has 0 aliphatic heterocycles. The number of hydrogen-bond donors (Lipinski definition) is 1. The Hall–Kier alpha value is -1.55. The van der Waals surface area contributed by atoms with Crippen molar-refractivity contribution in [3.05, 3.63) is 57.3 Å². The minimum Gasteiger partial charge on any atom is -0.223 e. The predicted octanol–water partition coefficient (Wildman–Crippen LogP) is 3.23. The van der Waals surface area contributed by atoms with E-state index in [1.54, 1.807) is 28.9 Å². The number of nitrogens with zero attached hydrogens (tertiary/aromatic N) is 3. The van der Waals surface area contributed by atoms with Gasteiger partial charge in [0.05, 0.1) is 16.3 Å².